The Morgan fingerprint density at radius 1 is 1.25 bits per heavy atom. The first kappa shape index (κ1) is 15.5. The SMILES string of the molecule is C=CCN(CC=C)C(=O)c1cc(F)c([N+](=O)[O-])cc1F. The van der Waals surface area contributed by atoms with Crippen LogP contribution in [0.1, 0.15) is 10.4 Å². The molecule has 1 aromatic carbocycles. The van der Waals surface area contributed by atoms with Gasteiger partial charge in [0.25, 0.3) is 5.91 Å². The summed E-state index contributed by atoms with van der Waals surface area (Å²) in [5.41, 5.74) is -1.59. The minimum Gasteiger partial charge on any atom is -0.331 e. The molecule has 1 rings (SSSR count). The fraction of sp³-hybridized carbons (Fsp3) is 0.154. The van der Waals surface area contributed by atoms with Crippen LogP contribution in [0.2, 0.25) is 0 Å². The van der Waals surface area contributed by atoms with Crippen molar-refractivity contribution in [3.05, 3.63) is 64.8 Å². The minimum atomic E-state index is -1.27. The van der Waals surface area contributed by atoms with E-state index in [1.54, 1.807) is 0 Å². The Bertz CT molecular complexity index is 563. The lowest BCUT2D eigenvalue weighted by Gasteiger charge is -2.19. The van der Waals surface area contributed by atoms with Gasteiger partial charge in [0.15, 0.2) is 0 Å². The molecular formula is C13H12F2N2O3. The first-order valence-corrected chi connectivity index (χ1v) is 5.56. The molecule has 0 aromatic heterocycles. The molecule has 0 aliphatic rings. The van der Waals surface area contributed by atoms with Gasteiger partial charge in [0, 0.05) is 13.1 Å². The van der Waals surface area contributed by atoms with Crippen molar-refractivity contribution in [2.24, 2.45) is 0 Å². The van der Waals surface area contributed by atoms with E-state index in [0.717, 1.165) is 0 Å². The third-order valence-electron chi connectivity index (χ3n) is 2.45. The molecule has 0 aliphatic heterocycles. The zero-order valence-electron chi connectivity index (χ0n) is 10.5. The number of rotatable bonds is 6. The van der Waals surface area contributed by atoms with Crippen LogP contribution in [0.25, 0.3) is 0 Å². The number of halogens is 2. The molecule has 1 amide bonds. The van der Waals surface area contributed by atoms with Gasteiger partial charge in [0.05, 0.1) is 16.6 Å². The van der Waals surface area contributed by atoms with Gasteiger partial charge in [0.1, 0.15) is 5.82 Å². The fourth-order valence-electron chi connectivity index (χ4n) is 1.56. The van der Waals surface area contributed by atoms with E-state index in [1.165, 1.54) is 17.1 Å². The van der Waals surface area contributed by atoms with E-state index in [4.69, 9.17) is 0 Å². The first-order chi connectivity index (χ1) is 9.42. The normalized spacial score (nSPS) is 9.90. The minimum absolute atomic E-state index is 0.114. The topological polar surface area (TPSA) is 63.5 Å². The van der Waals surface area contributed by atoms with Gasteiger partial charge in [-0.05, 0) is 6.07 Å². The summed E-state index contributed by atoms with van der Waals surface area (Å²) in [6, 6.07) is 0.914. The molecule has 20 heavy (non-hydrogen) atoms. The maximum Gasteiger partial charge on any atom is 0.307 e. The van der Waals surface area contributed by atoms with Crippen LogP contribution in [0.4, 0.5) is 14.5 Å². The molecule has 106 valence electrons. The molecule has 0 spiro atoms. The lowest BCUT2D eigenvalue weighted by Crippen LogP contribution is -2.32. The van der Waals surface area contributed by atoms with E-state index < -0.39 is 33.7 Å². The molecule has 0 saturated heterocycles. The predicted octanol–water partition coefficient (Wildman–Crippen LogP) is 2.69. The quantitative estimate of drug-likeness (QED) is 0.458. The maximum absolute atomic E-state index is 13.7. The molecule has 0 aliphatic carbocycles. The number of carbonyl (C=O) groups excluding carboxylic acids is 1. The molecule has 5 nitrogen and oxygen atoms in total. The maximum atomic E-state index is 13.7. The van der Waals surface area contributed by atoms with E-state index in [0.29, 0.717) is 12.1 Å². The first-order valence-electron chi connectivity index (χ1n) is 5.56. The highest BCUT2D eigenvalue weighted by molar-refractivity contribution is 5.95. The number of benzene rings is 1. The highest BCUT2D eigenvalue weighted by atomic mass is 19.1. The Kier molecular flexibility index (Phi) is 5.08. The molecule has 0 bridgehead atoms. The van der Waals surface area contributed by atoms with Crippen LogP contribution >= 0.6 is 0 Å². The smallest absolute Gasteiger partial charge is 0.307 e. The number of hydrogen-bond donors (Lipinski definition) is 0. The summed E-state index contributed by atoms with van der Waals surface area (Å²) < 4.78 is 27.2. The molecule has 0 fully saturated rings. The molecule has 0 heterocycles. The summed E-state index contributed by atoms with van der Waals surface area (Å²) in [7, 11) is 0. The Hall–Kier alpha value is -2.57. The van der Waals surface area contributed by atoms with Gasteiger partial charge >= 0.3 is 5.69 Å². The van der Waals surface area contributed by atoms with Crippen LogP contribution in [0, 0.1) is 21.7 Å². The highest BCUT2D eigenvalue weighted by Gasteiger charge is 2.24. The highest BCUT2D eigenvalue weighted by Crippen LogP contribution is 2.22. The van der Waals surface area contributed by atoms with Crippen LogP contribution in [0.15, 0.2) is 37.4 Å². The lowest BCUT2D eigenvalue weighted by atomic mass is 10.1. The number of amides is 1. The molecule has 1 aromatic rings. The standard InChI is InChI=1S/C13H12F2N2O3/c1-3-5-16(6-4-2)13(18)9-7-11(15)12(17(19)20)8-10(9)14/h3-4,7-8H,1-2,5-6H2. The Morgan fingerprint density at radius 2 is 1.80 bits per heavy atom. The van der Waals surface area contributed by atoms with Crippen molar-refractivity contribution in [1.82, 2.24) is 4.90 Å². The summed E-state index contributed by atoms with van der Waals surface area (Å²) in [6.45, 7) is 7.13. The predicted molar refractivity (Wildman–Crippen MR) is 69.3 cm³/mol. The molecule has 0 atom stereocenters. The van der Waals surface area contributed by atoms with Crippen molar-refractivity contribution in [1.29, 1.82) is 0 Å². The van der Waals surface area contributed by atoms with Gasteiger partial charge in [-0.2, -0.15) is 4.39 Å². The number of nitro groups is 1. The largest absolute Gasteiger partial charge is 0.331 e. The van der Waals surface area contributed by atoms with Gasteiger partial charge in [-0.1, -0.05) is 12.2 Å². The summed E-state index contributed by atoms with van der Waals surface area (Å²) in [4.78, 5) is 22.6. The van der Waals surface area contributed by atoms with Crippen molar-refractivity contribution in [3.8, 4) is 0 Å². The van der Waals surface area contributed by atoms with Gasteiger partial charge in [-0.15, -0.1) is 13.2 Å². The van der Waals surface area contributed by atoms with E-state index in [-0.39, 0.29) is 13.1 Å². The van der Waals surface area contributed by atoms with Crippen LogP contribution in [-0.4, -0.2) is 28.8 Å². The number of nitro benzene ring substituents is 1. The lowest BCUT2D eigenvalue weighted by molar-refractivity contribution is -0.387. The Morgan fingerprint density at radius 3 is 2.25 bits per heavy atom. The molecule has 0 N–H and O–H groups in total. The fourth-order valence-corrected chi connectivity index (χ4v) is 1.56. The van der Waals surface area contributed by atoms with E-state index >= 15 is 0 Å². The third-order valence-corrected chi connectivity index (χ3v) is 2.45. The number of nitrogens with zero attached hydrogens (tertiary/aromatic N) is 2. The zero-order valence-corrected chi connectivity index (χ0v) is 10.5. The van der Waals surface area contributed by atoms with Crippen molar-refractivity contribution in [2.75, 3.05) is 13.1 Å². The summed E-state index contributed by atoms with van der Waals surface area (Å²) >= 11 is 0. The zero-order chi connectivity index (χ0) is 15.3. The van der Waals surface area contributed by atoms with Crippen molar-refractivity contribution < 1.29 is 18.5 Å². The number of carbonyl (C=O) groups is 1. The molecule has 0 radical (unpaired) electrons. The van der Waals surface area contributed by atoms with Gasteiger partial charge in [-0.25, -0.2) is 4.39 Å². The van der Waals surface area contributed by atoms with E-state index in [9.17, 15) is 23.7 Å². The van der Waals surface area contributed by atoms with Crippen molar-refractivity contribution >= 4 is 11.6 Å². The summed E-state index contributed by atoms with van der Waals surface area (Å²) in [5.74, 6) is -3.21. The van der Waals surface area contributed by atoms with Crippen molar-refractivity contribution in [3.63, 3.8) is 0 Å². The average Bonchev–Trinajstić information content (AvgIpc) is 2.39. The Balaban J connectivity index is 3.21. The second kappa shape index (κ2) is 6.55. The molecule has 0 unspecified atom stereocenters. The monoisotopic (exact) mass is 282 g/mol. The molecule has 0 saturated carbocycles. The van der Waals surface area contributed by atoms with Gasteiger partial charge in [-0.3, -0.25) is 14.9 Å². The third kappa shape index (κ3) is 3.25. The van der Waals surface area contributed by atoms with Gasteiger partial charge in [0.2, 0.25) is 5.82 Å². The average molecular weight is 282 g/mol. The molecule has 7 heteroatoms. The molecular weight excluding hydrogens is 270 g/mol. The van der Waals surface area contributed by atoms with Crippen LogP contribution in [0.5, 0.6) is 0 Å². The van der Waals surface area contributed by atoms with E-state index in [2.05, 4.69) is 13.2 Å². The Labute approximate surface area is 114 Å². The van der Waals surface area contributed by atoms with Crippen LogP contribution < -0.4 is 0 Å². The van der Waals surface area contributed by atoms with Crippen LogP contribution in [0.3, 0.4) is 0 Å². The summed E-state index contributed by atoms with van der Waals surface area (Å²) in [6.07, 6.45) is 2.84. The second-order valence-corrected chi connectivity index (χ2v) is 3.83. The van der Waals surface area contributed by atoms with Gasteiger partial charge < -0.3 is 4.90 Å². The van der Waals surface area contributed by atoms with E-state index in [1.807, 2.05) is 0 Å². The van der Waals surface area contributed by atoms with Crippen molar-refractivity contribution in [2.45, 2.75) is 0 Å². The summed E-state index contributed by atoms with van der Waals surface area (Å²) in [5, 5.41) is 10.5. The second-order valence-electron chi connectivity index (χ2n) is 3.83. The number of hydrogen-bond acceptors (Lipinski definition) is 3. The van der Waals surface area contributed by atoms with Crippen LogP contribution in [-0.2, 0) is 0 Å².